The Morgan fingerprint density at radius 1 is 1.12 bits per heavy atom. The molecule has 1 aliphatic heterocycles. The quantitative estimate of drug-likeness (QED) is 0.793. The van der Waals surface area contributed by atoms with Gasteiger partial charge in [0.2, 0.25) is 0 Å². The van der Waals surface area contributed by atoms with Crippen LogP contribution < -0.4 is 15.4 Å². The highest BCUT2D eigenvalue weighted by Crippen LogP contribution is 2.26. The van der Waals surface area contributed by atoms with Crippen molar-refractivity contribution in [2.24, 2.45) is 0 Å². The molecule has 0 unspecified atom stereocenters. The molecule has 0 aromatic heterocycles. The third-order valence-corrected chi connectivity index (χ3v) is 4.89. The van der Waals surface area contributed by atoms with Crippen molar-refractivity contribution < 1.29 is 9.53 Å². The zero-order chi connectivity index (χ0) is 18.4. The molecule has 26 heavy (non-hydrogen) atoms. The van der Waals surface area contributed by atoms with Gasteiger partial charge in [-0.05, 0) is 67.9 Å². The number of halogens is 1. The number of ether oxygens (including phenoxy) is 1. The summed E-state index contributed by atoms with van der Waals surface area (Å²) in [7, 11) is 1.66. The summed E-state index contributed by atoms with van der Waals surface area (Å²) < 4.78 is 5.24. The average molecular weight is 374 g/mol. The van der Waals surface area contributed by atoms with Crippen molar-refractivity contribution in [3.63, 3.8) is 0 Å². The molecule has 0 radical (unpaired) electrons. The molecule has 1 aliphatic rings. The lowest BCUT2D eigenvalue weighted by molar-refractivity contribution is 0.227. The Kier molecular flexibility index (Phi) is 6.36. The van der Waals surface area contributed by atoms with E-state index in [0.717, 1.165) is 18.8 Å². The highest BCUT2D eigenvalue weighted by atomic mass is 35.5. The van der Waals surface area contributed by atoms with Crippen molar-refractivity contribution in [1.29, 1.82) is 0 Å². The van der Waals surface area contributed by atoms with Crippen LogP contribution in [0.25, 0.3) is 0 Å². The molecule has 3 rings (SSSR count). The SMILES string of the molecule is COc1ccc([C@@H](CNC(=O)Nc2ccc(Cl)cc2)N2CCCC2)cc1. The molecule has 1 fully saturated rings. The standard InChI is InChI=1S/C20H24ClN3O2/c1-26-18-10-4-15(5-11-18)19(24-12-2-3-13-24)14-22-20(25)23-17-8-6-16(21)7-9-17/h4-11,19H,2-3,12-14H2,1H3,(H2,22,23,25)/t19-/m1/s1. The molecule has 0 aliphatic carbocycles. The van der Waals surface area contributed by atoms with Crippen LogP contribution in [0.5, 0.6) is 5.75 Å². The molecule has 2 amide bonds. The number of anilines is 1. The Hall–Kier alpha value is -2.24. The molecule has 0 bridgehead atoms. The van der Waals surface area contributed by atoms with Crippen molar-refractivity contribution in [3.8, 4) is 5.75 Å². The topological polar surface area (TPSA) is 53.6 Å². The van der Waals surface area contributed by atoms with Gasteiger partial charge in [-0.15, -0.1) is 0 Å². The first kappa shape index (κ1) is 18.5. The smallest absolute Gasteiger partial charge is 0.319 e. The molecule has 5 nitrogen and oxygen atoms in total. The van der Waals surface area contributed by atoms with E-state index in [0.29, 0.717) is 17.3 Å². The predicted molar refractivity (Wildman–Crippen MR) is 105 cm³/mol. The fraction of sp³-hybridized carbons (Fsp3) is 0.350. The van der Waals surface area contributed by atoms with Crippen LogP contribution in [0.4, 0.5) is 10.5 Å². The molecule has 138 valence electrons. The van der Waals surface area contributed by atoms with Gasteiger partial charge in [0.25, 0.3) is 0 Å². The van der Waals surface area contributed by atoms with Crippen LogP contribution in [0.15, 0.2) is 48.5 Å². The minimum absolute atomic E-state index is 0.152. The molecular weight excluding hydrogens is 350 g/mol. The molecule has 1 saturated heterocycles. The van der Waals surface area contributed by atoms with Crippen molar-refractivity contribution in [2.75, 3.05) is 32.1 Å². The number of amides is 2. The Labute approximate surface area is 159 Å². The first-order valence-electron chi connectivity index (χ1n) is 8.84. The Morgan fingerprint density at radius 2 is 1.77 bits per heavy atom. The second-order valence-electron chi connectivity index (χ2n) is 6.37. The van der Waals surface area contributed by atoms with E-state index >= 15 is 0 Å². The highest BCUT2D eigenvalue weighted by molar-refractivity contribution is 6.30. The third-order valence-electron chi connectivity index (χ3n) is 4.64. The monoisotopic (exact) mass is 373 g/mol. The number of hydrogen-bond acceptors (Lipinski definition) is 3. The summed E-state index contributed by atoms with van der Waals surface area (Å²) in [4.78, 5) is 14.7. The van der Waals surface area contributed by atoms with E-state index in [2.05, 4.69) is 27.7 Å². The summed E-state index contributed by atoms with van der Waals surface area (Å²) >= 11 is 5.87. The number of urea groups is 1. The first-order chi connectivity index (χ1) is 12.7. The van der Waals surface area contributed by atoms with Crippen LogP contribution in [0.3, 0.4) is 0 Å². The number of methoxy groups -OCH3 is 1. The normalized spacial score (nSPS) is 15.5. The molecule has 1 atom stereocenters. The van der Waals surface area contributed by atoms with E-state index in [-0.39, 0.29) is 12.1 Å². The minimum Gasteiger partial charge on any atom is -0.497 e. The van der Waals surface area contributed by atoms with E-state index < -0.39 is 0 Å². The first-order valence-corrected chi connectivity index (χ1v) is 9.22. The summed E-state index contributed by atoms with van der Waals surface area (Å²) in [5.41, 5.74) is 1.90. The molecule has 2 N–H and O–H groups in total. The lowest BCUT2D eigenvalue weighted by Gasteiger charge is -2.28. The predicted octanol–water partition coefficient (Wildman–Crippen LogP) is 4.31. The Balaban J connectivity index is 1.63. The zero-order valence-electron chi connectivity index (χ0n) is 14.9. The lowest BCUT2D eigenvalue weighted by atomic mass is 10.1. The number of carbonyl (C=O) groups is 1. The van der Waals surface area contributed by atoms with Crippen LogP contribution >= 0.6 is 11.6 Å². The van der Waals surface area contributed by atoms with E-state index in [9.17, 15) is 4.79 Å². The van der Waals surface area contributed by atoms with E-state index in [1.165, 1.54) is 18.4 Å². The molecular formula is C20H24ClN3O2. The summed E-state index contributed by atoms with van der Waals surface area (Å²) in [6.07, 6.45) is 2.40. The second kappa shape index (κ2) is 8.92. The van der Waals surface area contributed by atoms with Gasteiger partial charge in [-0.2, -0.15) is 0 Å². The largest absolute Gasteiger partial charge is 0.497 e. The Morgan fingerprint density at radius 3 is 2.38 bits per heavy atom. The fourth-order valence-electron chi connectivity index (χ4n) is 3.23. The summed E-state index contributed by atoms with van der Waals surface area (Å²) in [5, 5.41) is 6.47. The van der Waals surface area contributed by atoms with E-state index in [4.69, 9.17) is 16.3 Å². The zero-order valence-corrected chi connectivity index (χ0v) is 15.6. The molecule has 2 aromatic rings. The third kappa shape index (κ3) is 4.90. The number of carbonyl (C=O) groups excluding carboxylic acids is 1. The number of likely N-dealkylation sites (tertiary alicyclic amines) is 1. The van der Waals surface area contributed by atoms with Crippen LogP contribution in [0.1, 0.15) is 24.4 Å². The van der Waals surface area contributed by atoms with Crippen molar-refractivity contribution >= 4 is 23.3 Å². The van der Waals surface area contributed by atoms with E-state index in [1.54, 1.807) is 31.4 Å². The number of nitrogens with zero attached hydrogens (tertiary/aromatic N) is 1. The van der Waals surface area contributed by atoms with Crippen LogP contribution in [-0.4, -0.2) is 37.7 Å². The fourth-order valence-corrected chi connectivity index (χ4v) is 3.36. The van der Waals surface area contributed by atoms with E-state index in [1.807, 2.05) is 12.1 Å². The second-order valence-corrected chi connectivity index (χ2v) is 6.81. The molecule has 2 aromatic carbocycles. The van der Waals surface area contributed by atoms with Crippen LogP contribution in [0.2, 0.25) is 5.02 Å². The minimum atomic E-state index is -0.218. The lowest BCUT2D eigenvalue weighted by Crippen LogP contribution is -2.38. The molecule has 1 heterocycles. The summed E-state index contributed by atoms with van der Waals surface area (Å²) in [6.45, 7) is 2.65. The number of hydrogen-bond donors (Lipinski definition) is 2. The van der Waals surface area contributed by atoms with Gasteiger partial charge in [0.15, 0.2) is 0 Å². The van der Waals surface area contributed by atoms with Crippen LogP contribution in [0, 0.1) is 0 Å². The van der Waals surface area contributed by atoms with Gasteiger partial charge in [-0.3, -0.25) is 4.90 Å². The maximum atomic E-state index is 12.3. The van der Waals surface area contributed by atoms with Gasteiger partial charge < -0.3 is 15.4 Å². The number of rotatable bonds is 6. The number of benzene rings is 2. The van der Waals surface area contributed by atoms with Crippen molar-refractivity contribution in [1.82, 2.24) is 10.2 Å². The van der Waals surface area contributed by atoms with Gasteiger partial charge >= 0.3 is 6.03 Å². The summed E-state index contributed by atoms with van der Waals surface area (Å²) in [5.74, 6) is 0.836. The maximum absolute atomic E-state index is 12.3. The van der Waals surface area contributed by atoms with Crippen molar-refractivity contribution in [3.05, 3.63) is 59.1 Å². The van der Waals surface area contributed by atoms with Gasteiger partial charge in [-0.25, -0.2) is 4.79 Å². The molecule has 6 heteroatoms. The molecule has 0 saturated carbocycles. The van der Waals surface area contributed by atoms with Gasteiger partial charge in [0.05, 0.1) is 13.2 Å². The average Bonchev–Trinajstić information content (AvgIpc) is 3.19. The van der Waals surface area contributed by atoms with Crippen molar-refractivity contribution in [2.45, 2.75) is 18.9 Å². The maximum Gasteiger partial charge on any atom is 0.319 e. The van der Waals surface area contributed by atoms with Crippen LogP contribution in [-0.2, 0) is 0 Å². The molecule has 0 spiro atoms. The summed E-state index contributed by atoms with van der Waals surface area (Å²) in [6, 6.07) is 15.1. The Bertz CT molecular complexity index is 713. The highest BCUT2D eigenvalue weighted by Gasteiger charge is 2.24. The van der Waals surface area contributed by atoms with Gasteiger partial charge in [0, 0.05) is 17.3 Å². The number of nitrogens with one attached hydrogen (secondary N) is 2. The van der Waals surface area contributed by atoms with Gasteiger partial charge in [-0.1, -0.05) is 23.7 Å². The van der Waals surface area contributed by atoms with Gasteiger partial charge in [0.1, 0.15) is 5.75 Å².